The minimum absolute atomic E-state index is 0.00185. The maximum Gasteiger partial charge on any atom is 0.224 e. The van der Waals surface area contributed by atoms with Gasteiger partial charge in [-0.1, -0.05) is 19.1 Å². The molecule has 0 fully saturated rings. The van der Waals surface area contributed by atoms with Crippen LogP contribution in [0.15, 0.2) is 24.3 Å². The maximum atomic E-state index is 11.7. The summed E-state index contributed by atoms with van der Waals surface area (Å²) < 4.78 is 0. The van der Waals surface area contributed by atoms with Crippen LogP contribution in [0, 0.1) is 0 Å². The normalized spacial score (nSPS) is 10.2. The summed E-state index contributed by atoms with van der Waals surface area (Å²) in [6, 6.07) is 7.39. The summed E-state index contributed by atoms with van der Waals surface area (Å²) in [5.74, 6) is -0.0915. The zero-order valence-electron chi connectivity index (χ0n) is 12.5. The number of benzene rings is 1. The quantitative estimate of drug-likeness (QED) is 0.650. The molecule has 0 saturated carbocycles. The van der Waals surface area contributed by atoms with Crippen LogP contribution in [0.5, 0.6) is 0 Å². The van der Waals surface area contributed by atoms with E-state index in [0.717, 1.165) is 17.7 Å². The Bertz CT molecular complexity index is 443. The van der Waals surface area contributed by atoms with Crippen molar-refractivity contribution in [1.29, 1.82) is 0 Å². The minimum atomic E-state index is -0.0896. The van der Waals surface area contributed by atoms with Gasteiger partial charge in [0.1, 0.15) is 0 Å². The monoisotopic (exact) mass is 292 g/mol. The molecule has 0 aliphatic carbocycles. The molecule has 0 bridgehead atoms. The summed E-state index contributed by atoms with van der Waals surface area (Å²) in [7, 11) is 0. The smallest absolute Gasteiger partial charge is 0.224 e. The Morgan fingerprint density at radius 3 is 2.38 bits per heavy atom. The Morgan fingerprint density at radius 2 is 1.76 bits per heavy atom. The molecule has 5 nitrogen and oxygen atoms in total. The van der Waals surface area contributed by atoms with Gasteiger partial charge in [-0.3, -0.25) is 9.59 Å². The Labute approximate surface area is 125 Å². The van der Waals surface area contributed by atoms with Crippen molar-refractivity contribution in [3.63, 3.8) is 0 Å². The molecule has 116 valence electrons. The van der Waals surface area contributed by atoms with Crippen LogP contribution in [0.3, 0.4) is 0 Å². The van der Waals surface area contributed by atoms with Gasteiger partial charge in [0, 0.05) is 31.7 Å². The number of rotatable bonds is 9. The first-order chi connectivity index (χ1) is 10.2. The molecule has 0 saturated heterocycles. The van der Waals surface area contributed by atoms with Gasteiger partial charge in [-0.25, -0.2) is 0 Å². The first kappa shape index (κ1) is 17.2. The van der Waals surface area contributed by atoms with Crippen molar-refractivity contribution in [2.75, 3.05) is 18.5 Å². The van der Waals surface area contributed by atoms with E-state index in [1.165, 1.54) is 0 Å². The van der Waals surface area contributed by atoms with Crippen molar-refractivity contribution in [2.24, 2.45) is 0 Å². The van der Waals surface area contributed by atoms with Crippen LogP contribution in [-0.2, 0) is 16.0 Å². The van der Waals surface area contributed by atoms with E-state index in [9.17, 15) is 9.59 Å². The molecule has 0 radical (unpaired) electrons. The lowest BCUT2D eigenvalue weighted by atomic mass is 10.1. The average molecular weight is 292 g/mol. The number of nitrogens with one attached hydrogen (secondary N) is 2. The third-order valence-electron chi connectivity index (χ3n) is 3.02. The Balaban J connectivity index is 2.25. The fourth-order valence-electron chi connectivity index (χ4n) is 1.87. The highest BCUT2D eigenvalue weighted by Gasteiger charge is 2.05. The van der Waals surface area contributed by atoms with Crippen molar-refractivity contribution < 1.29 is 14.7 Å². The molecule has 0 heterocycles. The molecular weight excluding hydrogens is 268 g/mol. The molecule has 21 heavy (non-hydrogen) atoms. The zero-order valence-corrected chi connectivity index (χ0v) is 12.5. The predicted molar refractivity (Wildman–Crippen MR) is 83.0 cm³/mol. The summed E-state index contributed by atoms with van der Waals surface area (Å²) in [6.45, 7) is 2.80. The van der Waals surface area contributed by atoms with E-state index in [2.05, 4.69) is 10.6 Å². The number of aliphatic hydroxyl groups excluding tert-OH is 1. The van der Waals surface area contributed by atoms with Gasteiger partial charge in [0.05, 0.1) is 0 Å². The van der Waals surface area contributed by atoms with E-state index in [0.29, 0.717) is 32.2 Å². The number of hydrogen-bond acceptors (Lipinski definition) is 3. The van der Waals surface area contributed by atoms with E-state index < -0.39 is 0 Å². The van der Waals surface area contributed by atoms with Crippen LogP contribution in [0.4, 0.5) is 5.69 Å². The van der Waals surface area contributed by atoms with E-state index >= 15 is 0 Å². The maximum absolute atomic E-state index is 11.7. The molecule has 0 atom stereocenters. The summed E-state index contributed by atoms with van der Waals surface area (Å²) >= 11 is 0. The minimum Gasteiger partial charge on any atom is -0.396 e. The van der Waals surface area contributed by atoms with Crippen molar-refractivity contribution in [2.45, 2.75) is 39.0 Å². The van der Waals surface area contributed by atoms with Gasteiger partial charge < -0.3 is 15.7 Å². The summed E-state index contributed by atoms with van der Waals surface area (Å²) in [6.07, 6.45) is 2.78. The average Bonchev–Trinajstić information content (AvgIpc) is 2.47. The lowest BCUT2D eigenvalue weighted by Crippen LogP contribution is -2.24. The highest BCUT2D eigenvalue weighted by Crippen LogP contribution is 2.11. The molecule has 1 rings (SSSR count). The van der Waals surface area contributed by atoms with Gasteiger partial charge >= 0.3 is 0 Å². The number of anilines is 1. The van der Waals surface area contributed by atoms with Crippen LogP contribution < -0.4 is 10.6 Å². The molecule has 0 unspecified atom stereocenters. The third-order valence-corrected chi connectivity index (χ3v) is 3.02. The topological polar surface area (TPSA) is 78.4 Å². The van der Waals surface area contributed by atoms with Crippen molar-refractivity contribution in [1.82, 2.24) is 5.32 Å². The van der Waals surface area contributed by atoms with E-state index in [4.69, 9.17) is 5.11 Å². The summed E-state index contributed by atoms with van der Waals surface area (Å²) in [4.78, 5) is 23.1. The van der Waals surface area contributed by atoms with E-state index in [1.807, 2.05) is 31.2 Å². The van der Waals surface area contributed by atoms with Gasteiger partial charge in [0.15, 0.2) is 0 Å². The lowest BCUT2D eigenvalue weighted by Gasteiger charge is -2.06. The van der Waals surface area contributed by atoms with Gasteiger partial charge in [-0.05, 0) is 37.0 Å². The molecule has 1 aromatic rings. The van der Waals surface area contributed by atoms with E-state index in [1.54, 1.807) is 0 Å². The molecule has 5 heteroatoms. The van der Waals surface area contributed by atoms with Crippen LogP contribution in [0.25, 0.3) is 0 Å². The van der Waals surface area contributed by atoms with Gasteiger partial charge in [-0.15, -0.1) is 0 Å². The van der Waals surface area contributed by atoms with Crippen LogP contribution >= 0.6 is 0 Å². The fraction of sp³-hybridized carbons (Fsp3) is 0.500. The highest BCUT2D eigenvalue weighted by atomic mass is 16.3. The Kier molecular flexibility index (Phi) is 8.12. The third kappa shape index (κ3) is 7.46. The number of amides is 2. The van der Waals surface area contributed by atoms with Gasteiger partial charge in [0.25, 0.3) is 0 Å². The highest BCUT2D eigenvalue weighted by molar-refractivity contribution is 5.91. The number of hydrogen-bond donors (Lipinski definition) is 3. The first-order valence-electron chi connectivity index (χ1n) is 7.42. The molecule has 0 aliphatic heterocycles. The molecule has 0 spiro atoms. The van der Waals surface area contributed by atoms with E-state index in [-0.39, 0.29) is 18.4 Å². The fourth-order valence-corrected chi connectivity index (χ4v) is 1.87. The largest absolute Gasteiger partial charge is 0.396 e. The summed E-state index contributed by atoms with van der Waals surface area (Å²) in [5, 5.41) is 14.4. The number of carbonyl (C=O) groups excluding carboxylic acids is 2. The Morgan fingerprint density at radius 1 is 1.10 bits per heavy atom. The molecular formula is C16H24N2O3. The molecule has 3 N–H and O–H groups in total. The van der Waals surface area contributed by atoms with Gasteiger partial charge in [0.2, 0.25) is 11.8 Å². The molecule has 2 amide bonds. The first-order valence-corrected chi connectivity index (χ1v) is 7.42. The molecule has 0 aliphatic rings. The number of aliphatic hydroxyl groups is 1. The number of carbonyl (C=O) groups is 2. The second-order valence-electron chi connectivity index (χ2n) is 4.92. The summed E-state index contributed by atoms with van der Waals surface area (Å²) in [5.41, 5.74) is 1.76. The molecule has 0 aromatic heterocycles. The van der Waals surface area contributed by atoms with Crippen LogP contribution in [0.2, 0.25) is 0 Å². The standard InChI is InChI=1S/C16H24N2O3/c1-2-11-17-15(20)4-3-5-16(21)18-14-8-6-13(7-9-14)10-12-19/h6-9,19H,2-5,10-12H2,1H3,(H,17,20)(H,18,21). The van der Waals surface area contributed by atoms with Crippen molar-refractivity contribution in [3.05, 3.63) is 29.8 Å². The SMILES string of the molecule is CCCNC(=O)CCCC(=O)Nc1ccc(CCO)cc1. The lowest BCUT2D eigenvalue weighted by molar-refractivity contribution is -0.121. The van der Waals surface area contributed by atoms with Crippen LogP contribution in [-0.4, -0.2) is 30.1 Å². The van der Waals surface area contributed by atoms with Gasteiger partial charge in [-0.2, -0.15) is 0 Å². The predicted octanol–water partition coefficient (Wildman–Crippen LogP) is 1.86. The van der Waals surface area contributed by atoms with Crippen molar-refractivity contribution in [3.8, 4) is 0 Å². The van der Waals surface area contributed by atoms with Crippen LogP contribution in [0.1, 0.15) is 38.2 Å². The Hall–Kier alpha value is -1.88. The second kappa shape index (κ2) is 9.94. The zero-order chi connectivity index (χ0) is 15.5. The van der Waals surface area contributed by atoms with Crippen molar-refractivity contribution >= 4 is 17.5 Å². The molecule has 1 aromatic carbocycles. The second-order valence-corrected chi connectivity index (χ2v) is 4.92.